The van der Waals surface area contributed by atoms with Crippen molar-refractivity contribution in [3.63, 3.8) is 0 Å². The summed E-state index contributed by atoms with van der Waals surface area (Å²) in [6, 6.07) is 0. The predicted molar refractivity (Wildman–Crippen MR) is 87.4 cm³/mol. The topological polar surface area (TPSA) is 20.2 Å². The molecule has 0 aromatic heterocycles. The highest BCUT2D eigenvalue weighted by molar-refractivity contribution is 5.12. The molecule has 0 heterocycles. The minimum Gasteiger partial charge on any atom is -0.380 e. The van der Waals surface area contributed by atoms with E-state index >= 15 is 0 Å². The van der Waals surface area contributed by atoms with E-state index in [-0.39, 0.29) is 0 Å². The molecule has 0 saturated heterocycles. The number of hydrogen-bond acceptors (Lipinski definition) is 1. The number of hydrogen-bond donors (Lipinski definition) is 1. The molecule has 1 aliphatic carbocycles. The molecular formula is C19H28O. The van der Waals surface area contributed by atoms with E-state index in [2.05, 4.69) is 44.4 Å². The van der Waals surface area contributed by atoms with Gasteiger partial charge in [-0.2, -0.15) is 0 Å². The second-order valence-electron chi connectivity index (χ2n) is 5.82. The van der Waals surface area contributed by atoms with Gasteiger partial charge in [0.1, 0.15) is 6.10 Å². The molecule has 1 nitrogen and oxygen atoms in total. The first-order chi connectivity index (χ1) is 9.58. The summed E-state index contributed by atoms with van der Waals surface area (Å²) in [7, 11) is 0. The maximum Gasteiger partial charge on any atom is 0.118 e. The number of rotatable bonds is 0. The third-order valence-electron chi connectivity index (χ3n) is 3.65. The Balaban J connectivity index is 2.62. The van der Waals surface area contributed by atoms with Crippen LogP contribution in [0.15, 0.2) is 35.5 Å². The minimum absolute atomic E-state index is 0.544. The van der Waals surface area contributed by atoms with Gasteiger partial charge < -0.3 is 5.11 Å². The molecule has 0 aromatic carbocycles. The van der Waals surface area contributed by atoms with Crippen LogP contribution in [0, 0.1) is 11.8 Å². The maximum absolute atomic E-state index is 9.83. The lowest BCUT2D eigenvalue weighted by Crippen LogP contribution is -2.04. The zero-order chi connectivity index (χ0) is 14.8. The first-order valence-corrected chi connectivity index (χ1v) is 7.72. The fourth-order valence-electron chi connectivity index (χ4n) is 2.37. The summed E-state index contributed by atoms with van der Waals surface area (Å²) < 4.78 is 0. The molecule has 0 saturated carbocycles. The molecule has 110 valence electrons. The minimum atomic E-state index is -0.544. The Kier molecular flexibility index (Phi) is 8.07. The Morgan fingerprint density at radius 3 is 2.60 bits per heavy atom. The van der Waals surface area contributed by atoms with E-state index in [0.717, 1.165) is 50.5 Å². The van der Waals surface area contributed by atoms with Crippen molar-refractivity contribution >= 4 is 0 Å². The predicted octanol–water partition coefficient (Wildman–Crippen LogP) is 4.93. The Hall–Kier alpha value is -1.26. The van der Waals surface area contributed by atoms with Crippen LogP contribution in [-0.4, -0.2) is 11.2 Å². The van der Waals surface area contributed by atoms with Crippen LogP contribution >= 0.6 is 0 Å². The molecule has 1 aliphatic rings. The monoisotopic (exact) mass is 272 g/mol. The second-order valence-corrected chi connectivity index (χ2v) is 5.82. The molecule has 1 heteroatoms. The van der Waals surface area contributed by atoms with Crippen molar-refractivity contribution in [2.45, 2.75) is 71.3 Å². The van der Waals surface area contributed by atoms with Gasteiger partial charge in [-0.3, -0.25) is 0 Å². The third-order valence-corrected chi connectivity index (χ3v) is 3.65. The molecule has 0 radical (unpaired) electrons. The van der Waals surface area contributed by atoms with E-state index in [9.17, 15) is 5.11 Å². The summed E-state index contributed by atoms with van der Waals surface area (Å²) in [5.41, 5.74) is 4.03. The first-order valence-electron chi connectivity index (χ1n) is 7.72. The van der Waals surface area contributed by atoms with Crippen LogP contribution in [0.5, 0.6) is 0 Å². The third kappa shape index (κ3) is 8.02. The quantitative estimate of drug-likeness (QED) is 0.489. The Morgan fingerprint density at radius 2 is 1.80 bits per heavy atom. The molecule has 1 rings (SSSR count). The highest BCUT2D eigenvalue weighted by Crippen LogP contribution is 2.16. The van der Waals surface area contributed by atoms with Crippen molar-refractivity contribution in [3.8, 4) is 11.8 Å². The SMILES string of the molecule is C=C1CCC/C(C)=C/CC/C(C)=C\CCC#CC(O)C1. The Morgan fingerprint density at radius 1 is 1.10 bits per heavy atom. The second kappa shape index (κ2) is 9.61. The van der Waals surface area contributed by atoms with Crippen molar-refractivity contribution in [1.29, 1.82) is 0 Å². The summed E-state index contributed by atoms with van der Waals surface area (Å²) in [5, 5.41) is 9.83. The Labute approximate surface area is 124 Å². The lowest BCUT2D eigenvalue weighted by molar-refractivity contribution is 0.231. The first kappa shape index (κ1) is 16.8. The van der Waals surface area contributed by atoms with E-state index < -0.39 is 6.10 Å². The molecule has 0 aliphatic heterocycles. The summed E-state index contributed by atoms with van der Waals surface area (Å²) in [6.45, 7) is 8.45. The lowest BCUT2D eigenvalue weighted by Gasteiger charge is -2.08. The smallest absolute Gasteiger partial charge is 0.118 e. The van der Waals surface area contributed by atoms with Crippen LogP contribution in [0.1, 0.15) is 65.2 Å². The summed E-state index contributed by atoms with van der Waals surface area (Å²) in [5.74, 6) is 5.99. The van der Waals surface area contributed by atoms with Gasteiger partial charge in [-0.1, -0.05) is 41.4 Å². The van der Waals surface area contributed by atoms with Crippen molar-refractivity contribution in [2.75, 3.05) is 0 Å². The van der Waals surface area contributed by atoms with Gasteiger partial charge in [-0.15, -0.1) is 5.92 Å². The molecule has 0 bridgehead atoms. The van der Waals surface area contributed by atoms with Crippen molar-refractivity contribution in [2.24, 2.45) is 0 Å². The van der Waals surface area contributed by atoms with E-state index in [4.69, 9.17) is 0 Å². The van der Waals surface area contributed by atoms with Crippen LogP contribution in [0.2, 0.25) is 0 Å². The number of aliphatic hydroxyl groups excluding tert-OH is 1. The van der Waals surface area contributed by atoms with Crippen LogP contribution < -0.4 is 0 Å². The summed E-state index contributed by atoms with van der Waals surface area (Å²) in [6.07, 6.45) is 12.0. The van der Waals surface area contributed by atoms with Gasteiger partial charge in [0.15, 0.2) is 0 Å². The van der Waals surface area contributed by atoms with Crippen LogP contribution in [0.3, 0.4) is 0 Å². The van der Waals surface area contributed by atoms with E-state index in [1.165, 1.54) is 11.1 Å². The van der Waals surface area contributed by atoms with Crippen LogP contribution in [0.4, 0.5) is 0 Å². The average Bonchev–Trinajstić information content (AvgIpc) is 2.37. The highest BCUT2D eigenvalue weighted by Gasteiger charge is 2.03. The van der Waals surface area contributed by atoms with Crippen molar-refractivity contribution in [1.82, 2.24) is 0 Å². The summed E-state index contributed by atoms with van der Waals surface area (Å²) >= 11 is 0. The molecule has 1 unspecified atom stereocenters. The normalized spacial score (nSPS) is 28.6. The molecule has 1 N–H and O–H groups in total. The number of allylic oxidation sites excluding steroid dienone is 4. The van der Waals surface area contributed by atoms with Crippen LogP contribution in [0.25, 0.3) is 0 Å². The largest absolute Gasteiger partial charge is 0.380 e. The van der Waals surface area contributed by atoms with Gasteiger partial charge in [0, 0.05) is 12.8 Å². The molecule has 0 fully saturated rings. The van der Waals surface area contributed by atoms with E-state index in [1.807, 2.05) is 0 Å². The molecule has 0 spiro atoms. The fraction of sp³-hybridized carbons (Fsp3) is 0.579. The molecule has 20 heavy (non-hydrogen) atoms. The Bertz CT molecular complexity index is 428. The molecular weight excluding hydrogens is 244 g/mol. The van der Waals surface area contributed by atoms with Crippen molar-refractivity contribution < 1.29 is 5.11 Å². The van der Waals surface area contributed by atoms with Gasteiger partial charge in [0.05, 0.1) is 0 Å². The van der Waals surface area contributed by atoms with Crippen LogP contribution in [-0.2, 0) is 0 Å². The van der Waals surface area contributed by atoms with Crippen molar-refractivity contribution in [3.05, 3.63) is 35.5 Å². The van der Waals surface area contributed by atoms with Gasteiger partial charge in [-0.25, -0.2) is 0 Å². The lowest BCUT2D eigenvalue weighted by atomic mass is 10.0. The number of aliphatic hydroxyl groups is 1. The van der Waals surface area contributed by atoms with Gasteiger partial charge in [0.2, 0.25) is 0 Å². The maximum atomic E-state index is 9.83. The van der Waals surface area contributed by atoms with E-state index in [1.54, 1.807) is 0 Å². The van der Waals surface area contributed by atoms with Gasteiger partial charge >= 0.3 is 0 Å². The van der Waals surface area contributed by atoms with E-state index in [0.29, 0.717) is 6.42 Å². The zero-order valence-electron chi connectivity index (χ0n) is 13.0. The van der Waals surface area contributed by atoms with Gasteiger partial charge in [-0.05, 0) is 52.4 Å². The highest BCUT2D eigenvalue weighted by atomic mass is 16.3. The van der Waals surface area contributed by atoms with Gasteiger partial charge in [0.25, 0.3) is 0 Å². The molecule has 0 amide bonds. The molecule has 1 atom stereocenters. The zero-order valence-corrected chi connectivity index (χ0v) is 13.0. The fourth-order valence-corrected chi connectivity index (χ4v) is 2.37. The summed E-state index contributed by atoms with van der Waals surface area (Å²) in [4.78, 5) is 0. The average molecular weight is 272 g/mol. The molecule has 0 aromatic rings. The standard InChI is InChI=1S/C19H28O/c1-16-9-5-4-6-14-19(20)15-18(3)13-8-12-17(2)11-7-10-16/h9,11,19-20H,3-5,7-8,10,12-13,15H2,1-2H3/b16-9-,17-11+.